The van der Waals surface area contributed by atoms with Gasteiger partial charge in [-0.3, -0.25) is 4.79 Å². The molecule has 126 valence electrons. The molecule has 0 aliphatic rings. The van der Waals surface area contributed by atoms with Crippen LogP contribution in [-0.2, 0) is 4.79 Å². The fourth-order valence-corrected chi connectivity index (χ4v) is 2.09. The minimum Gasteiger partial charge on any atom is -0.507 e. The first-order chi connectivity index (χ1) is 11.6. The Balaban J connectivity index is 1.98. The third-order valence-corrected chi connectivity index (χ3v) is 3.45. The van der Waals surface area contributed by atoms with Crippen molar-refractivity contribution in [2.24, 2.45) is 5.10 Å². The molecule has 1 amide bonds. The predicted molar refractivity (Wildman–Crippen MR) is 94.5 cm³/mol. The molecule has 2 aromatic rings. The summed E-state index contributed by atoms with van der Waals surface area (Å²) in [5.74, 6) is 0.404. The van der Waals surface area contributed by atoms with Gasteiger partial charge >= 0.3 is 0 Å². The van der Waals surface area contributed by atoms with Crippen molar-refractivity contribution in [1.82, 2.24) is 5.43 Å². The predicted octanol–water partition coefficient (Wildman–Crippen LogP) is 2.74. The number of methoxy groups -OCH3 is 1. The summed E-state index contributed by atoms with van der Waals surface area (Å²) >= 11 is 0. The SMILES string of the molecule is CC[C@@H](Nc1ccccc1)C(=O)N/N=C/c1cc(OC)ccc1O. The van der Waals surface area contributed by atoms with E-state index >= 15 is 0 Å². The van der Waals surface area contributed by atoms with E-state index in [9.17, 15) is 9.90 Å². The summed E-state index contributed by atoms with van der Waals surface area (Å²) in [6, 6.07) is 13.9. The molecule has 6 nitrogen and oxygen atoms in total. The average Bonchev–Trinajstić information content (AvgIpc) is 2.62. The van der Waals surface area contributed by atoms with E-state index in [1.807, 2.05) is 37.3 Å². The molecule has 0 fully saturated rings. The van der Waals surface area contributed by atoms with E-state index in [-0.39, 0.29) is 11.7 Å². The number of carbonyl (C=O) groups is 1. The number of nitrogens with one attached hydrogen (secondary N) is 2. The summed E-state index contributed by atoms with van der Waals surface area (Å²) in [4.78, 5) is 12.2. The van der Waals surface area contributed by atoms with E-state index in [4.69, 9.17) is 4.74 Å². The summed E-state index contributed by atoms with van der Waals surface area (Å²) in [7, 11) is 1.54. The molecule has 2 aromatic carbocycles. The number of amides is 1. The Morgan fingerprint density at radius 3 is 2.71 bits per heavy atom. The number of carbonyl (C=O) groups excluding carboxylic acids is 1. The van der Waals surface area contributed by atoms with E-state index in [2.05, 4.69) is 15.8 Å². The zero-order chi connectivity index (χ0) is 17.4. The standard InChI is InChI=1S/C18H21N3O3/c1-3-16(20-14-7-5-4-6-8-14)18(23)21-19-12-13-11-15(24-2)9-10-17(13)22/h4-12,16,20,22H,3H2,1-2H3,(H,21,23)/b19-12+/t16-/m1/s1. The van der Waals surface area contributed by atoms with Gasteiger partial charge in [0, 0.05) is 11.3 Å². The first-order valence-corrected chi connectivity index (χ1v) is 7.65. The maximum absolute atomic E-state index is 12.2. The molecule has 0 radical (unpaired) electrons. The van der Waals surface area contributed by atoms with E-state index in [0.29, 0.717) is 17.7 Å². The smallest absolute Gasteiger partial charge is 0.262 e. The summed E-state index contributed by atoms with van der Waals surface area (Å²) in [5, 5.41) is 16.8. The van der Waals surface area contributed by atoms with Crippen LogP contribution >= 0.6 is 0 Å². The van der Waals surface area contributed by atoms with Crippen molar-refractivity contribution in [3.8, 4) is 11.5 Å². The Bertz CT molecular complexity index is 702. The molecule has 0 bridgehead atoms. The summed E-state index contributed by atoms with van der Waals surface area (Å²) in [6.45, 7) is 1.91. The highest BCUT2D eigenvalue weighted by atomic mass is 16.5. The van der Waals surface area contributed by atoms with Gasteiger partial charge in [0.2, 0.25) is 0 Å². The van der Waals surface area contributed by atoms with Crippen molar-refractivity contribution in [1.29, 1.82) is 0 Å². The van der Waals surface area contributed by atoms with Gasteiger partial charge in [-0.15, -0.1) is 0 Å². The lowest BCUT2D eigenvalue weighted by Crippen LogP contribution is -2.36. The lowest BCUT2D eigenvalue weighted by atomic mass is 10.2. The molecule has 3 N–H and O–H groups in total. The van der Waals surface area contributed by atoms with Gasteiger partial charge in [0.1, 0.15) is 17.5 Å². The second-order valence-electron chi connectivity index (χ2n) is 5.13. The number of para-hydroxylation sites is 1. The third kappa shape index (κ3) is 4.74. The minimum absolute atomic E-state index is 0.0586. The highest BCUT2D eigenvalue weighted by Gasteiger charge is 2.15. The Hall–Kier alpha value is -3.02. The van der Waals surface area contributed by atoms with Crippen LogP contribution in [0.2, 0.25) is 0 Å². The van der Waals surface area contributed by atoms with Crippen LogP contribution in [0.1, 0.15) is 18.9 Å². The lowest BCUT2D eigenvalue weighted by molar-refractivity contribution is -0.121. The van der Waals surface area contributed by atoms with Gasteiger partial charge < -0.3 is 15.2 Å². The molecule has 0 aliphatic heterocycles. The Morgan fingerprint density at radius 1 is 1.29 bits per heavy atom. The van der Waals surface area contributed by atoms with Crippen molar-refractivity contribution in [2.75, 3.05) is 12.4 Å². The Kier molecular flexibility index (Phi) is 6.19. The summed E-state index contributed by atoms with van der Waals surface area (Å²) < 4.78 is 5.09. The molecular weight excluding hydrogens is 306 g/mol. The van der Waals surface area contributed by atoms with Crippen LogP contribution in [0.25, 0.3) is 0 Å². The highest BCUT2D eigenvalue weighted by Crippen LogP contribution is 2.20. The third-order valence-electron chi connectivity index (χ3n) is 3.45. The number of hydrogen-bond acceptors (Lipinski definition) is 5. The number of phenolic OH excluding ortho intramolecular Hbond substituents is 1. The molecule has 0 heterocycles. The topological polar surface area (TPSA) is 83.0 Å². The monoisotopic (exact) mass is 327 g/mol. The number of anilines is 1. The highest BCUT2D eigenvalue weighted by molar-refractivity contribution is 5.88. The van der Waals surface area contributed by atoms with Gasteiger partial charge in [0.15, 0.2) is 0 Å². The van der Waals surface area contributed by atoms with Gasteiger partial charge in [-0.1, -0.05) is 25.1 Å². The van der Waals surface area contributed by atoms with Crippen molar-refractivity contribution in [3.63, 3.8) is 0 Å². The fourth-order valence-electron chi connectivity index (χ4n) is 2.09. The number of phenols is 1. The number of rotatable bonds is 7. The van der Waals surface area contributed by atoms with Gasteiger partial charge in [0.05, 0.1) is 13.3 Å². The average molecular weight is 327 g/mol. The maximum atomic E-state index is 12.2. The van der Waals surface area contributed by atoms with Crippen LogP contribution in [0, 0.1) is 0 Å². The van der Waals surface area contributed by atoms with Gasteiger partial charge in [0.25, 0.3) is 5.91 Å². The molecule has 24 heavy (non-hydrogen) atoms. The van der Waals surface area contributed by atoms with Gasteiger partial charge in [-0.2, -0.15) is 5.10 Å². The second-order valence-corrected chi connectivity index (χ2v) is 5.13. The normalized spacial score (nSPS) is 11.9. The molecule has 0 aromatic heterocycles. The number of aromatic hydroxyl groups is 1. The first-order valence-electron chi connectivity index (χ1n) is 7.65. The van der Waals surface area contributed by atoms with Crippen LogP contribution in [0.3, 0.4) is 0 Å². The zero-order valence-electron chi connectivity index (χ0n) is 13.7. The number of hydrogen-bond donors (Lipinski definition) is 3. The van der Waals surface area contributed by atoms with Crippen molar-refractivity contribution in [2.45, 2.75) is 19.4 Å². The number of nitrogens with zero attached hydrogens (tertiary/aromatic N) is 1. The first kappa shape index (κ1) is 17.3. The summed E-state index contributed by atoms with van der Waals surface area (Å²) in [6.07, 6.45) is 1.99. The molecule has 0 aliphatic carbocycles. The van der Waals surface area contributed by atoms with Crippen LogP contribution in [0.15, 0.2) is 53.6 Å². The molecule has 0 saturated heterocycles. The number of ether oxygens (including phenoxy) is 1. The van der Waals surface area contributed by atoms with Crippen LogP contribution < -0.4 is 15.5 Å². The maximum Gasteiger partial charge on any atom is 0.262 e. The quantitative estimate of drug-likeness (QED) is 0.539. The number of hydrazone groups is 1. The van der Waals surface area contributed by atoms with Crippen molar-refractivity contribution in [3.05, 3.63) is 54.1 Å². The van der Waals surface area contributed by atoms with Crippen molar-refractivity contribution >= 4 is 17.8 Å². The Labute approximate surface area is 141 Å². The molecule has 1 atom stereocenters. The fraction of sp³-hybridized carbons (Fsp3) is 0.222. The van der Waals surface area contributed by atoms with Crippen LogP contribution in [-0.4, -0.2) is 30.4 Å². The molecule has 0 saturated carbocycles. The van der Waals surface area contributed by atoms with Gasteiger partial charge in [-0.25, -0.2) is 5.43 Å². The number of benzene rings is 2. The molecule has 2 rings (SSSR count). The van der Waals surface area contributed by atoms with E-state index in [0.717, 1.165) is 5.69 Å². The molecule has 0 unspecified atom stereocenters. The van der Waals surface area contributed by atoms with Gasteiger partial charge in [-0.05, 0) is 36.8 Å². The van der Waals surface area contributed by atoms with Crippen molar-refractivity contribution < 1.29 is 14.6 Å². The summed E-state index contributed by atoms with van der Waals surface area (Å²) in [5.41, 5.74) is 3.81. The molecule has 0 spiro atoms. The molecule has 6 heteroatoms. The van der Waals surface area contributed by atoms with E-state index < -0.39 is 6.04 Å². The Morgan fingerprint density at radius 2 is 2.04 bits per heavy atom. The van der Waals surface area contributed by atoms with Crippen LogP contribution in [0.4, 0.5) is 5.69 Å². The van der Waals surface area contributed by atoms with E-state index in [1.165, 1.54) is 19.4 Å². The zero-order valence-corrected chi connectivity index (χ0v) is 13.7. The minimum atomic E-state index is -0.400. The second kappa shape index (κ2) is 8.57. The largest absolute Gasteiger partial charge is 0.507 e. The van der Waals surface area contributed by atoms with Crippen LogP contribution in [0.5, 0.6) is 11.5 Å². The lowest BCUT2D eigenvalue weighted by Gasteiger charge is -2.16. The van der Waals surface area contributed by atoms with E-state index in [1.54, 1.807) is 12.1 Å². The molecular formula is C18H21N3O3.